The quantitative estimate of drug-likeness (QED) is 0.525. The maximum atomic E-state index is 10.2. The smallest absolute Gasteiger partial charge is 0.303 e. The third-order valence-corrected chi connectivity index (χ3v) is 2.68. The molecule has 0 aliphatic heterocycles. The molecule has 0 saturated heterocycles. The van der Waals surface area contributed by atoms with Crippen molar-refractivity contribution in [3.8, 4) is 0 Å². The van der Waals surface area contributed by atoms with E-state index < -0.39 is 5.97 Å². The summed E-state index contributed by atoms with van der Waals surface area (Å²) in [6, 6.07) is 0. The number of nitrogens with one attached hydrogen (secondary N) is 1. The highest BCUT2D eigenvalue weighted by Gasteiger charge is 2.35. The van der Waals surface area contributed by atoms with E-state index in [0.29, 0.717) is 13.0 Å². The molecule has 0 spiro atoms. The van der Waals surface area contributed by atoms with Gasteiger partial charge in [-0.3, -0.25) is 4.79 Å². The lowest BCUT2D eigenvalue weighted by Gasteiger charge is -2.41. The van der Waals surface area contributed by atoms with Crippen molar-refractivity contribution in [2.75, 3.05) is 13.2 Å². The molecule has 0 aromatic heterocycles. The number of aliphatic hydroxyl groups is 1. The number of rotatable bonds is 6. The lowest BCUT2D eigenvalue weighted by molar-refractivity contribution is -0.137. The molecule has 1 aliphatic carbocycles. The lowest BCUT2D eigenvalue weighted by Crippen LogP contribution is -2.54. The topological polar surface area (TPSA) is 69.6 Å². The Bertz CT molecular complexity index is 172. The molecule has 0 aromatic rings. The molecule has 76 valence electrons. The molecule has 3 N–H and O–H groups in total. The van der Waals surface area contributed by atoms with Crippen LogP contribution in [0, 0.1) is 0 Å². The van der Waals surface area contributed by atoms with Gasteiger partial charge in [-0.1, -0.05) is 0 Å². The Labute approximate surface area is 78.0 Å². The van der Waals surface area contributed by atoms with E-state index in [1.165, 1.54) is 0 Å². The maximum absolute atomic E-state index is 10.2. The van der Waals surface area contributed by atoms with Gasteiger partial charge in [0.25, 0.3) is 0 Å². The number of hydrogen-bond donors (Lipinski definition) is 3. The Balaban J connectivity index is 2.07. The summed E-state index contributed by atoms with van der Waals surface area (Å²) in [4.78, 5) is 10.2. The first-order chi connectivity index (χ1) is 6.18. The second kappa shape index (κ2) is 4.58. The van der Waals surface area contributed by atoms with Gasteiger partial charge in [0.2, 0.25) is 0 Å². The fraction of sp³-hybridized carbons (Fsp3) is 0.889. The summed E-state index contributed by atoms with van der Waals surface area (Å²) in [5.74, 6) is -0.756. The van der Waals surface area contributed by atoms with Gasteiger partial charge in [0.05, 0.1) is 6.61 Å². The van der Waals surface area contributed by atoms with Crippen LogP contribution in [0.4, 0.5) is 0 Å². The molecule has 1 fully saturated rings. The van der Waals surface area contributed by atoms with E-state index >= 15 is 0 Å². The van der Waals surface area contributed by atoms with Gasteiger partial charge in [0.15, 0.2) is 0 Å². The minimum absolute atomic E-state index is 0.0848. The van der Waals surface area contributed by atoms with Crippen LogP contribution in [0.15, 0.2) is 0 Å². The molecule has 0 unspecified atom stereocenters. The van der Waals surface area contributed by atoms with Crippen molar-refractivity contribution >= 4 is 5.97 Å². The number of carboxylic acids is 1. The number of hydrogen-bond acceptors (Lipinski definition) is 3. The van der Waals surface area contributed by atoms with Crippen molar-refractivity contribution in [3.63, 3.8) is 0 Å². The SMILES string of the molecule is O=C(O)CCCNC1(CO)CCC1. The Hall–Kier alpha value is -0.610. The van der Waals surface area contributed by atoms with Gasteiger partial charge >= 0.3 is 5.97 Å². The summed E-state index contributed by atoms with van der Waals surface area (Å²) in [5.41, 5.74) is -0.0848. The number of aliphatic hydroxyl groups excluding tert-OH is 1. The minimum atomic E-state index is -0.756. The number of carboxylic acid groups (broad SMARTS) is 1. The molecule has 4 heteroatoms. The molecule has 0 amide bonds. The van der Waals surface area contributed by atoms with Crippen molar-refractivity contribution in [2.24, 2.45) is 0 Å². The first-order valence-corrected chi connectivity index (χ1v) is 4.76. The van der Waals surface area contributed by atoms with E-state index in [9.17, 15) is 4.79 Å². The highest BCUT2D eigenvalue weighted by molar-refractivity contribution is 5.66. The predicted octanol–water partition coefficient (Wildman–Crippen LogP) is 0.356. The highest BCUT2D eigenvalue weighted by Crippen LogP contribution is 2.30. The van der Waals surface area contributed by atoms with Crippen molar-refractivity contribution in [1.82, 2.24) is 5.32 Å². The molecule has 0 atom stereocenters. The van der Waals surface area contributed by atoms with E-state index in [-0.39, 0.29) is 18.6 Å². The Morgan fingerprint density at radius 2 is 2.15 bits per heavy atom. The zero-order valence-corrected chi connectivity index (χ0v) is 7.75. The maximum Gasteiger partial charge on any atom is 0.303 e. The van der Waals surface area contributed by atoms with E-state index in [4.69, 9.17) is 10.2 Å². The molecule has 0 bridgehead atoms. The molecule has 4 nitrogen and oxygen atoms in total. The molecular formula is C9H17NO3. The van der Waals surface area contributed by atoms with E-state index in [1.807, 2.05) is 0 Å². The van der Waals surface area contributed by atoms with Crippen molar-refractivity contribution in [1.29, 1.82) is 0 Å². The van der Waals surface area contributed by atoms with Crippen LogP contribution in [-0.2, 0) is 4.79 Å². The Kier molecular flexibility index (Phi) is 3.69. The van der Waals surface area contributed by atoms with Crippen molar-refractivity contribution in [3.05, 3.63) is 0 Å². The van der Waals surface area contributed by atoms with Crippen molar-refractivity contribution < 1.29 is 15.0 Å². The van der Waals surface area contributed by atoms with E-state index in [2.05, 4.69) is 5.32 Å². The highest BCUT2D eigenvalue weighted by atomic mass is 16.4. The summed E-state index contributed by atoms with van der Waals surface area (Å²) in [6.45, 7) is 0.854. The average molecular weight is 187 g/mol. The Morgan fingerprint density at radius 1 is 1.46 bits per heavy atom. The summed E-state index contributed by atoms with van der Waals surface area (Å²) in [5, 5.41) is 20.7. The fourth-order valence-corrected chi connectivity index (χ4v) is 1.59. The predicted molar refractivity (Wildman–Crippen MR) is 48.5 cm³/mol. The molecule has 0 heterocycles. The molecule has 1 rings (SSSR count). The van der Waals surface area contributed by atoms with Crippen LogP contribution in [0.25, 0.3) is 0 Å². The second-order valence-corrected chi connectivity index (χ2v) is 3.72. The zero-order valence-electron chi connectivity index (χ0n) is 7.75. The van der Waals surface area contributed by atoms with Crippen LogP contribution in [0.5, 0.6) is 0 Å². The van der Waals surface area contributed by atoms with Crippen LogP contribution >= 0.6 is 0 Å². The van der Waals surface area contributed by atoms with Gasteiger partial charge in [0.1, 0.15) is 0 Å². The summed E-state index contributed by atoms with van der Waals surface area (Å²) < 4.78 is 0. The molecule has 1 saturated carbocycles. The van der Waals surface area contributed by atoms with Gasteiger partial charge in [-0.05, 0) is 32.2 Å². The molecule has 0 radical (unpaired) electrons. The largest absolute Gasteiger partial charge is 0.481 e. The van der Waals surface area contributed by atoms with Crippen LogP contribution < -0.4 is 5.32 Å². The lowest BCUT2D eigenvalue weighted by atomic mass is 9.77. The first kappa shape index (κ1) is 10.5. The van der Waals surface area contributed by atoms with Crippen molar-refractivity contribution in [2.45, 2.75) is 37.6 Å². The number of aliphatic carboxylic acids is 1. The summed E-state index contributed by atoms with van der Waals surface area (Å²) >= 11 is 0. The van der Waals surface area contributed by atoms with Gasteiger partial charge in [0, 0.05) is 12.0 Å². The standard InChI is InChI=1S/C9H17NO3/c11-7-9(4-2-5-9)10-6-1-3-8(12)13/h10-11H,1-7H2,(H,12,13). The average Bonchev–Trinajstić information content (AvgIpc) is 2.01. The van der Waals surface area contributed by atoms with Gasteiger partial charge in [-0.25, -0.2) is 0 Å². The normalized spacial score (nSPS) is 19.5. The van der Waals surface area contributed by atoms with E-state index in [1.54, 1.807) is 0 Å². The first-order valence-electron chi connectivity index (χ1n) is 4.76. The van der Waals surface area contributed by atoms with Crippen LogP contribution in [0.1, 0.15) is 32.1 Å². The van der Waals surface area contributed by atoms with Gasteiger partial charge in [-0.15, -0.1) is 0 Å². The summed E-state index contributed by atoms with van der Waals surface area (Å²) in [7, 11) is 0. The molecular weight excluding hydrogens is 170 g/mol. The summed E-state index contributed by atoms with van der Waals surface area (Å²) in [6.07, 6.45) is 4.02. The van der Waals surface area contributed by atoms with Gasteiger partial charge < -0.3 is 15.5 Å². The van der Waals surface area contributed by atoms with Gasteiger partial charge in [-0.2, -0.15) is 0 Å². The monoisotopic (exact) mass is 187 g/mol. The second-order valence-electron chi connectivity index (χ2n) is 3.72. The zero-order chi connectivity index (χ0) is 9.73. The minimum Gasteiger partial charge on any atom is -0.481 e. The molecule has 0 aromatic carbocycles. The fourth-order valence-electron chi connectivity index (χ4n) is 1.59. The Morgan fingerprint density at radius 3 is 2.54 bits per heavy atom. The van der Waals surface area contributed by atoms with Crippen LogP contribution in [0.2, 0.25) is 0 Å². The third-order valence-electron chi connectivity index (χ3n) is 2.68. The molecule has 1 aliphatic rings. The van der Waals surface area contributed by atoms with Crippen LogP contribution in [-0.4, -0.2) is 34.9 Å². The third kappa shape index (κ3) is 2.97. The molecule has 13 heavy (non-hydrogen) atoms. The van der Waals surface area contributed by atoms with E-state index in [0.717, 1.165) is 19.3 Å². The van der Waals surface area contributed by atoms with Crippen LogP contribution in [0.3, 0.4) is 0 Å². The number of carbonyl (C=O) groups is 1.